The third-order valence-corrected chi connectivity index (χ3v) is 5.58. The number of aliphatic carboxylic acids is 1. The average molecular weight is 360 g/mol. The molecular weight excluding hydrogens is 340 g/mol. The maximum atomic E-state index is 12.1. The van der Waals surface area contributed by atoms with Gasteiger partial charge in [-0.3, -0.25) is 4.79 Å². The number of thioether (sulfide) groups is 1. The number of amides is 1. The van der Waals surface area contributed by atoms with Crippen LogP contribution >= 0.6 is 11.8 Å². The van der Waals surface area contributed by atoms with E-state index in [1.54, 1.807) is 0 Å². The monoisotopic (exact) mass is 360 g/mol. The highest BCUT2D eigenvalue weighted by Crippen LogP contribution is 2.14. The summed E-state index contributed by atoms with van der Waals surface area (Å²) in [6.45, 7) is 0. The molecule has 1 atom stereocenters. The van der Waals surface area contributed by atoms with E-state index in [9.17, 15) is 18.0 Å². The van der Waals surface area contributed by atoms with Crippen molar-refractivity contribution in [3.05, 3.63) is 29.8 Å². The van der Waals surface area contributed by atoms with Gasteiger partial charge in [0.1, 0.15) is 6.04 Å². The van der Waals surface area contributed by atoms with Gasteiger partial charge in [-0.1, -0.05) is 0 Å². The fraction of sp³-hybridized carbons (Fsp3) is 0.429. The molecule has 23 heavy (non-hydrogen) atoms. The number of hydrogen-bond donors (Lipinski definition) is 2. The smallest absolute Gasteiger partial charge is 0.326 e. The molecule has 7 nitrogen and oxygen atoms in total. The molecule has 0 fully saturated rings. The van der Waals surface area contributed by atoms with Crippen molar-refractivity contribution >= 4 is 33.7 Å². The number of nitrogens with zero attached hydrogens (tertiary/aromatic N) is 1. The van der Waals surface area contributed by atoms with Crippen molar-refractivity contribution in [1.82, 2.24) is 9.62 Å². The first-order valence-corrected chi connectivity index (χ1v) is 9.58. The molecule has 0 aliphatic heterocycles. The maximum absolute atomic E-state index is 12.1. The van der Waals surface area contributed by atoms with E-state index in [1.165, 1.54) is 50.1 Å². The molecule has 0 spiro atoms. The SMILES string of the molecule is CSCC[C@@H](NC(=O)c1ccc(S(=O)(=O)N(C)C)cc1)C(=O)O. The summed E-state index contributed by atoms with van der Waals surface area (Å²) in [5.41, 5.74) is 0.207. The molecule has 1 amide bonds. The second kappa shape index (κ2) is 8.32. The molecular formula is C14H20N2O5S2. The predicted octanol–water partition coefficient (Wildman–Crippen LogP) is 0.873. The van der Waals surface area contributed by atoms with Crippen LogP contribution in [0.1, 0.15) is 16.8 Å². The van der Waals surface area contributed by atoms with Gasteiger partial charge < -0.3 is 10.4 Å². The number of carboxylic acid groups (broad SMARTS) is 1. The quantitative estimate of drug-likeness (QED) is 0.713. The minimum absolute atomic E-state index is 0.0659. The topological polar surface area (TPSA) is 104 Å². The lowest BCUT2D eigenvalue weighted by molar-refractivity contribution is -0.139. The van der Waals surface area contributed by atoms with E-state index in [2.05, 4.69) is 5.32 Å². The van der Waals surface area contributed by atoms with Gasteiger partial charge in [0.25, 0.3) is 5.91 Å². The number of carbonyl (C=O) groups excluding carboxylic acids is 1. The Kier molecular flexibility index (Phi) is 7.04. The van der Waals surface area contributed by atoms with E-state index in [0.717, 1.165) is 4.31 Å². The van der Waals surface area contributed by atoms with Gasteiger partial charge in [0.2, 0.25) is 10.0 Å². The Labute approximate surface area is 140 Å². The van der Waals surface area contributed by atoms with Crippen molar-refractivity contribution in [2.75, 3.05) is 26.1 Å². The number of carbonyl (C=O) groups is 2. The minimum Gasteiger partial charge on any atom is -0.480 e. The molecule has 9 heteroatoms. The Balaban J connectivity index is 2.87. The van der Waals surface area contributed by atoms with Gasteiger partial charge >= 0.3 is 5.97 Å². The molecule has 128 valence electrons. The molecule has 2 N–H and O–H groups in total. The highest BCUT2D eigenvalue weighted by molar-refractivity contribution is 7.98. The predicted molar refractivity (Wildman–Crippen MR) is 89.2 cm³/mol. The molecule has 0 saturated heterocycles. The summed E-state index contributed by atoms with van der Waals surface area (Å²) in [5, 5.41) is 11.5. The lowest BCUT2D eigenvalue weighted by atomic mass is 10.1. The van der Waals surface area contributed by atoms with E-state index < -0.39 is 27.9 Å². The minimum atomic E-state index is -3.56. The molecule has 0 unspecified atom stereocenters. The zero-order valence-corrected chi connectivity index (χ0v) is 14.8. The lowest BCUT2D eigenvalue weighted by Crippen LogP contribution is -2.41. The third-order valence-electron chi connectivity index (χ3n) is 3.11. The summed E-state index contributed by atoms with van der Waals surface area (Å²) in [4.78, 5) is 23.3. The highest BCUT2D eigenvalue weighted by Gasteiger charge is 2.21. The van der Waals surface area contributed by atoms with E-state index in [4.69, 9.17) is 5.11 Å². The summed E-state index contributed by atoms with van der Waals surface area (Å²) < 4.78 is 25.0. The Hall–Kier alpha value is -1.58. The van der Waals surface area contributed by atoms with Crippen LogP contribution in [0, 0.1) is 0 Å². The van der Waals surface area contributed by atoms with E-state index in [-0.39, 0.29) is 10.5 Å². The van der Waals surface area contributed by atoms with E-state index >= 15 is 0 Å². The zero-order valence-electron chi connectivity index (χ0n) is 13.1. The van der Waals surface area contributed by atoms with Crippen LogP contribution in [-0.4, -0.2) is 61.9 Å². The molecule has 0 bridgehead atoms. The molecule has 0 aliphatic rings. The summed E-state index contributed by atoms with van der Waals surface area (Å²) in [6.07, 6.45) is 2.17. The van der Waals surface area contributed by atoms with Gasteiger partial charge in [0.15, 0.2) is 0 Å². The Morgan fingerprint density at radius 1 is 1.26 bits per heavy atom. The van der Waals surface area contributed by atoms with Gasteiger partial charge in [-0.15, -0.1) is 0 Å². The van der Waals surface area contributed by atoms with Gasteiger partial charge in [0.05, 0.1) is 4.90 Å². The maximum Gasteiger partial charge on any atom is 0.326 e. The summed E-state index contributed by atoms with van der Waals surface area (Å²) in [6, 6.07) is 4.39. The first-order chi connectivity index (χ1) is 10.7. The fourth-order valence-electron chi connectivity index (χ4n) is 1.72. The third kappa shape index (κ3) is 5.22. The number of hydrogen-bond acceptors (Lipinski definition) is 5. The highest BCUT2D eigenvalue weighted by atomic mass is 32.2. The fourth-order valence-corrected chi connectivity index (χ4v) is 3.10. The Bertz CT molecular complexity index is 656. The first kappa shape index (κ1) is 19.5. The van der Waals surface area contributed by atoms with Crippen molar-refractivity contribution in [2.24, 2.45) is 0 Å². The largest absolute Gasteiger partial charge is 0.480 e. The van der Waals surface area contributed by atoms with Crippen molar-refractivity contribution < 1.29 is 23.1 Å². The summed E-state index contributed by atoms with van der Waals surface area (Å²) >= 11 is 1.49. The van der Waals surface area contributed by atoms with Crippen LogP contribution in [0.4, 0.5) is 0 Å². The molecule has 1 aromatic carbocycles. The number of rotatable bonds is 8. The second-order valence-electron chi connectivity index (χ2n) is 4.96. The molecule has 0 aromatic heterocycles. The van der Waals surface area contributed by atoms with Crippen molar-refractivity contribution in [2.45, 2.75) is 17.4 Å². The van der Waals surface area contributed by atoms with Gasteiger partial charge in [-0.05, 0) is 42.7 Å². The average Bonchev–Trinajstić information content (AvgIpc) is 2.50. The van der Waals surface area contributed by atoms with Gasteiger partial charge in [-0.2, -0.15) is 11.8 Å². The van der Waals surface area contributed by atoms with Crippen LogP contribution in [0.3, 0.4) is 0 Å². The van der Waals surface area contributed by atoms with Gasteiger partial charge in [0, 0.05) is 19.7 Å². The standard InChI is InChI=1S/C14H20N2O5S2/c1-16(2)23(20,21)11-6-4-10(5-7-11)13(17)15-12(14(18)19)8-9-22-3/h4-7,12H,8-9H2,1-3H3,(H,15,17)(H,18,19)/t12-/m1/s1. The molecule has 0 aliphatic carbocycles. The number of benzene rings is 1. The van der Waals surface area contributed by atoms with Crippen LogP contribution in [-0.2, 0) is 14.8 Å². The van der Waals surface area contributed by atoms with Crippen molar-refractivity contribution in [1.29, 1.82) is 0 Å². The lowest BCUT2D eigenvalue weighted by Gasteiger charge is -2.14. The summed E-state index contributed by atoms with van der Waals surface area (Å²) in [7, 11) is -0.731. The van der Waals surface area contributed by atoms with Crippen molar-refractivity contribution in [3.8, 4) is 0 Å². The van der Waals surface area contributed by atoms with Crippen LogP contribution in [0.2, 0.25) is 0 Å². The number of carboxylic acids is 1. The van der Waals surface area contributed by atoms with Crippen molar-refractivity contribution in [3.63, 3.8) is 0 Å². The van der Waals surface area contributed by atoms with Crippen LogP contribution in [0.25, 0.3) is 0 Å². The molecule has 0 radical (unpaired) electrons. The second-order valence-corrected chi connectivity index (χ2v) is 8.09. The van der Waals surface area contributed by atoms with Crippen LogP contribution < -0.4 is 5.32 Å². The molecule has 1 aromatic rings. The molecule has 0 heterocycles. The molecule has 1 rings (SSSR count). The van der Waals surface area contributed by atoms with Gasteiger partial charge in [-0.25, -0.2) is 17.5 Å². The Morgan fingerprint density at radius 3 is 2.26 bits per heavy atom. The first-order valence-electron chi connectivity index (χ1n) is 6.75. The van der Waals surface area contributed by atoms with Crippen LogP contribution in [0.15, 0.2) is 29.2 Å². The number of sulfonamides is 1. The van der Waals surface area contributed by atoms with Crippen LogP contribution in [0.5, 0.6) is 0 Å². The zero-order chi connectivity index (χ0) is 17.6. The normalized spacial score (nSPS) is 12.9. The molecule has 0 saturated carbocycles. The Morgan fingerprint density at radius 2 is 1.83 bits per heavy atom. The summed E-state index contributed by atoms with van der Waals surface area (Å²) in [5.74, 6) is -1.04. The van der Waals surface area contributed by atoms with E-state index in [0.29, 0.717) is 12.2 Å². The van der Waals surface area contributed by atoms with E-state index in [1.807, 2.05) is 6.26 Å². The number of nitrogens with one attached hydrogen (secondary N) is 1.